The van der Waals surface area contributed by atoms with Crippen LogP contribution in [0.15, 0.2) is 42.6 Å². The first kappa shape index (κ1) is 24.3. The third kappa shape index (κ3) is 5.44. The van der Waals surface area contributed by atoms with Crippen LogP contribution in [0.3, 0.4) is 0 Å². The first-order valence-electron chi connectivity index (χ1n) is 12.0. The molecule has 2 heterocycles. The molecular formula is C27H34ClN3O3. The summed E-state index contributed by atoms with van der Waals surface area (Å²) in [6.07, 6.45) is 2.77. The second-order valence-electron chi connectivity index (χ2n) is 9.57. The van der Waals surface area contributed by atoms with Gasteiger partial charge in [0.15, 0.2) is 11.5 Å². The Bertz CT molecular complexity index is 1140. The average molecular weight is 484 g/mol. The van der Waals surface area contributed by atoms with E-state index in [1.807, 2.05) is 43.3 Å². The summed E-state index contributed by atoms with van der Waals surface area (Å²) >= 11 is 6.51. The Kier molecular flexibility index (Phi) is 7.57. The van der Waals surface area contributed by atoms with Gasteiger partial charge in [-0.2, -0.15) is 0 Å². The summed E-state index contributed by atoms with van der Waals surface area (Å²) in [5, 5.41) is 1.68. The lowest BCUT2D eigenvalue weighted by molar-refractivity contribution is -0.135. The Labute approximate surface area is 206 Å². The van der Waals surface area contributed by atoms with E-state index >= 15 is 0 Å². The number of amides is 1. The lowest BCUT2D eigenvalue weighted by atomic mass is 10.1. The Hall–Kier alpha value is -2.86. The summed E-state index contributed by atoms with van der Waals surface area (Å²) in [5.41, 5.74) is 3.15. The van der Waals surface area contributed by atoms with E-state index in [0.717, 1.165) is 28.6 Å². The van der Waals surface area contributed by atoms with Gasteiger partial charge in [-0.25, -0.2) is 0 Å². The third-order valence-corrected chi connectivity index (χ3v) is 6.37. The quantitative estimate of drug-likeness (QED) is 0.444. The van der Waals surface area contributed by atoms with E-state index in [-0.39, 0.29) is 11.8 Å². The van der Waals surface area contributed by atoms with Crippen molar-refractivity contribution >= 4 is 34.1 Å². The zero-order chi connectivity index (χ0) is 24.2. The van der Waals surface area contributed by atoms with Crippen molar-refractivity contribution in [1.82, 2.24) is 9.88 Å². The Morgan fingerprint density at radius 2 is 1.91 bits per heavy atom. The highest BCUT2D eigenvalue weighted by atomic mass is 35.5. The summed E-state index contributed by atoms with van der Waals surface area (Å²) in [4.78, 5) is 21.0. The van der Waals surface area contributed by atoms with Crippen molar-refractivity contribution in [3.63, 3.8) is 0 Å². The van der Waals surface area contributed by atoms with Gasteiger partial charge in [0.1, 0.15) is 0 Å². The molecule has 1 aromatic heterocycles. The minimum absolute atomic E-state index is 0.130. The van der Waals surface area contributed by atoms with Crippen LogP contribution in [0, 0.1) is 11.8 Å². The predicted octanol–water partition coefficient (Wildman–Crippen LogP) is 5.74. The number of aromatic amines is 1. The molecular weight excluding hydrogens is 450 g/mol. The molecule has 1 amide bonds. The van der Waals surface area contributed by atoms with Crippen LogP contribution in [0.5, 0.6) is 11.5 Å². The van der Waals surface area contributed by atoms with Crippen LogP contribution in [0.4, 0.5) is 5.69 Å². The SMILES string of the molecule is CC(C)CN(Cc1cc(Cl)c2c(c1)OCCCO2)C(=O)[C@H](C)CN(C)c1cccc2[nH]ccc12. The second kappa shape index (κ2) is 10.6. The average Bonchev–Trinajstić information content (AvgIpc) is 3.15. The fraction of sp³-hybridized carbons (Fsp3) is 0.444. The number of halogens is 1. The fourth-order valence-corrected chi connectivity index (χ4v) is 4.86. The van der Waals surface area contributed by atoms with Crippen molar-refractivity contribution in [1.29, 1.82) is 0 Å². The number of aromatic nitrogens is 1. The maximum absolute atomic E-state index is 13.6. The molecule has 3 aromatic rings. The van der Waals surface area contributed by atoms with Crippen LogP contribution in [0.1, 0.15) is 32.8 Å². The number of nitrogens with one attached hydrogen (secondary N) is 1. The lowest BCUT2D eigenvalue weighted by Gasteiger charge is -2.30. The molecule has 0 fully saturated rings. The molecule has 0 saturated heterocycles. The van der Waals surface area contributed by atoms with E-state index in [1.54, 1.807) is 0 Å². The van der Waals surface area contributed by atoms with Gasteiger partial charge in [0.2, 0.25) is 5.91 Å². The highest BCUT2D eigenvalue weighted by molar-refractivity contribution is 6.32. The highest BCUT2D eigenvalue weighted by Gasteiger charge is 2.25. The van der Waals surface area contributed by atoms with Crippen molar-refractivity contribution in [2.24, 2.45) is 11.8 Å². The van der Waals surface area contributed by atoms with Crippen LogP contribution < -0.4 is 14.4 Å². The topological polar surface area (TPSA) is 57.8 Å². The monoisotopic (exact) mass is 483 g/mol. The number of hydrogen-bond acceptors (Lipinski definition) is 4. The number of ether oxygens (including phenoxy) is 2. The number of benzene rings is 2. The normalized spacial score (nSPS) is 14.2. The molecule has 0 radical (unpaired) electrons. The van der Waals surface area contributed by atoms with E-state index < -0.39 is 0 Å². The van der Waals surface area contributed by atoms with E-state index in [0.29, 0.717) is 55.3 Å². The lowest BCUT2D eigenvalue weighted by Crippen LogP contribution is -2.41. The summed E-state index contributed by atoms with van der Waals surface area (Å²) < 4.78 is 11.6. The molecule has 0 unspecified atom stereocenters. The maximum atomic E-state index is 13.6. The van der Waals surface area contributed by atoms with Gasteiger partial charge in [-0.15, -0.1) is 0 Å². The van der Waals surface area contributed by atoms with Crippen molar-refractivity contribution in [2.45, 2.75) is 33.7 Å². The van der Waals surface area contributed by atoms with Crippen LogP contribution in [-0.2, 0) is 11.3 Å². The molecule has 1 aliphatic heterocycles. The number of nitrogens with zero attached hydrogens (tertiary/aromatic N) is 2. The van der Waals surface area contributed by atoms with Gasteiger partial charge in [0.25, 0.3) is 0 Å². The van der Waals surface area contributed by atoms with Crippen LogP contribution in [-0.4, -0.2) is 49.1 Å². The number of rotatable bonds is 8. The molecule has 0 saturated carbocycles. The Morgan fingerprint density at radius 1 is 1.12 bits per heavy atom. The smallest absolute Gasteiger partial charge is 0.227 e. The fourth-order valence-electron chi connectivity index (χ4n) is 4.57. The number of anilines is 1. The summed E-state index contributed by atoms with van der Waals surface area (Å²) in [7, 11) is 2.04. The molecule has 0 bridgehead atoms. The van der Waals surface area contributed by atoms with Gasteiger partial charge < -0.3 is 24.3 Å². The molecule has 1 aliphatic rings. The standard InChI is InChI=1S/C27H34ClN3O3/c1-18(2)15-31(17-20-13-22(28)26-25(14-20)33-11-6-12-34-26)27(32)19(3)16-30(4)24-8-5-7-23-21(24)9-10-29-23/h5,7-10,13-14,18-19,29H,6,11-12,15-17H2,1-4H3/t19-/m1/s1. The number of H-pyrrole nitrogens is 1. The molecule has 0 spiro atoms. The molecule has 2 aromatic carbocycles. The Morgan fingerprint density at radius 3 is 2.71 bits per heavy atom. The number of hydrogen-bond donors (Lipinski definition) is 1. The summed E-state index contributed by atoms with van der Waals surface area (Å²) in [6, 6.07) is 12.1. The van der Waals surface area contributed by atoms with Crippen LogP contribution >= 0.6 is 11.6 Å². The highest BCUT2D eigenvalue weighted by Crippen LogP contribution is 2.38. The van der Waals surface area contributed by atoms with Crippen molar-refractivity contribution < 1.29 is 14.3 Å². The molecule has 182 valence electrons. The van der Waals surface area contributed by atoms with E-state index in [1.165, 1.54) is 0 Å². The first-order valence-corrected chi connectivity index (χ1v) is 12.3. The minimum atomic E-state index is -0.172. The molecule has 6 nitrogen and oxygen atoms in total. The van der Waals surface area contributed by atoms with Crippen molar-refractivity contribution in [2.75, 3.05) is 38.3 Å². The maximum Gasteiger partial charge on any atom is 0.227 e. The van der Waals surface area contributed by atoms with Crippen molar-refractivity contribution in [3.05, 3.63) is 53.2 Å². The molecule has 7 heteroatoms. The van der Waals surface area contributed by atoms with Gasteiger partial charge in [0.05, 0.1) is 24.2 Å². The number of carbonyl (C=O) groups is 1. The van der Waals surface area contributed by atoms with Crippen LogP contribution in [0.25, 0.3) is 10.9 Å². The van der Waals surface area contributed by atoms with Crippen LogP contribution in [0.2, 0.25) is 5.02 Å². The molecule has 4 rings (SSSR count). The van der Waals surface area contributed by atoms with Gasteiger partial charge in [-0.3, -0.25) is 4.79 Å². The molecule has 1 atom stereocenters. The van der Waals surface area contributed by atoms with Crippen molar-refractivity contribution in [3.8, 4) is 11.5 Å². The van der Waals surface area contributed by atoms with Gasteiger partial charge in [-0.05, 0) is 41.8 Å². The molecule has 0 aliphatic carbocycles. The number of fused-ring (bicyclic) bond motifs is 2. The van der Waals surface area contributed by atoms with Gasteiger partial charge in [0, 0.05) is 55.9 Å². The van der Waals surface area contributed by atoms with E-state index in [9.17, 15) is 4.79 Å². The third-order valence-electron chi connectivity index (χ3n) is 6.09. The largest absolute Gasteiger partial charge is 0.489 e. The predicted molar refractivity (Wildman–Crippen MR) is 138 cm³/mol. The van der Waals surface area contributed by atoms with E-state index in [2.05, 4.69) is 41.9 Å². The first-order chi connectivity index (χ1) is 16.3. The molecule has 34 heavy (non-hydrogen) atoms. The summed E-state index contributed by atoms with van der Waals surface area (Å²) in [5.74, 6) is 1.56. The zero-order valence-electron chi connectivity index (χ0n) is 20.4. The second-order valence-corrected chi connectivity index (χ2v) is 9.97. The number of carbonyl (C=O) groups excluding carboxylic acids is 1. The minimum Gasteiger partial charge on any atom is -0.489 e. The molecule has 1 N–H and O–H groups in total. The van der Waals surface area contributed by atoms with Gasteiger partial charge >= 0.3 is 0 Å². The van der Waals surface area contributed by atoms with E-state index in [4.69, 9.17) is 21.1 Å². The zero-order valence-corrected chi connectivity index (χ0v) is 21.2. The van der Waals surface area contributed by atoms with Gasteiger partial charge in [-0.1, -0.05) is 38.4 Å². The Balaban J connectivity index is 1.50. The summed E-state index contributed by atoms with van der Waals surface area (Å²) in [6.45, 7) is 9.23.